The first-order valence-electron chi connectivity index (χ1n) is 9.89. The third-order valence-corrected chi connectivity index (χ3v) is 5.17. The molecule has 1 saturated heterocycles. The standard InChI is InChI=1S/C23H30N2O3/c1-17-13-18(2)22(19(3)14-17)28-16-21(26)15-24-9-11-25(12-10-24)23(27)20-7-5-4-6-8-20/h4-8,13-14,21,26H,9-12,15-16H2,1-3H3/t21-/m0/s1. The highest BCUT2D eigenvalue weighted by Gasteiger charge is 2.23. The number of amides is 1. The molecule has 2 aromatic carbocycles. The predicted octanol–water partition coefficient (Wildman–Crippen LogP) is 2.81. The molecule has 0 spiro atoms. The van der Waals surface area contributed by atoms with Gasteiger partial charge in [0.2, 0.25) is 0 Å². The molecule has 0 radical (unpaired) electrons. The van der Waals surface area contributed by atoms with Gasteiger partial charge in [0, 0.05) is 38.3 Å². The smallest absolute Gasteiger partial charge is 0.253 e. The van der Waals surface area contributed by atoms with Gasteiger partial charge in [0.1, 0.15) is 18.5 Å². The molecule has 5 nitrogen and oxygen atoms in total. The molecule has 5 heteroatoms. The van der Waals surface area contributed by atoms with Gasteiger partial charge < -0.3 is 14.7 Å². The highest BCUT2D eigenvalue weighted by atomic mass is 16.5. The number of piperazine rings is 1. The second-order valence-corrected chi connectivity index (χ2v) is 7.65. The first-order chi connectivity index (χ1) is 13.4. The summed E-state index contributed by atoms with van der Waals surface area (Å²) in [6, 6.07) is 13.6. The van der Waals surface area contributed by atoms with Crippen molar-refractivity contribution in [1.82, 2.24) is 9.80 Å². The number of hydrogen-bond acceptors (Lipinski definition) is 4. The summed E-state index contributed by atoms with van der Waals surface area (Å²) in [5.41, 5.74) is 4.13. The van der Waals surface area contributed by atoms with Crippen LogP contribution in [0, 0.1) is 20.8 Å². The van der Waals surface area contributed by atoms with Gasteiger partial charge in [-0.15, -0.1) is 0 Å². The van der Waals surface area contributed by atoms with Crippen LogP contribution in [0.2, 0.25) is 0 Å². The number of hydrogen-bond donors (Lipinski definition) is 1. The molecule has 1 aliphatic rings. The topological polar surface area (TPSA) is 53.0 Å². The highest BCUT2D eigenvalue weighted by molar-refractivity contribution is 5.94. The van der Waals surface area contributed by atoms with E-state index in [0.29, 0.717) is 19.6 Å². The predicted molar refractivity (Wildman–Crippen MR) is 111 cm³/mol. The van der Waals surface area contributed by atoms with E-state index in [2.05, 4.69) is 24.0 Å². The van der Waals surface area contributed by atoms with Gasteiger partial charge in [-0.3, -0.25) is 9.69 Å². The zero-order valence-corrected chi connectivity index (χ0v) is 17.0. The summed E-state index contributed by atoms with van der Waals surface area (Å²) < 4.78 is 5.90. The fraction of sp³-hybridized carbons (Fsp3) is 0.435. The van der Waals surface area contributed by atoms with Gasteiger partial charge in [-0.1, -0.05) is 35.9 Å². The van der Waals surface area contributed by atoms with Gasteiger partial charge in [0.15, 0.2) is 0 Å². The Morgan fingerprint density at radius 2 is 1.64 bits per heavy atom. The maximum Gasteiger partial charge on any atom is 0.253 e. The molecule has 1 N–H and O–H groups in total. The van der Waals surface area contributed by atoms with Crippen molar-refractivity contribution in [1.29, 1.82) is 0 Å². The van der Waals surface area contributed by atoms with Crippen LogP contribution in [0.3, 0.4) is 0 Å². The number of aliphatic hydroxyl groups is 1. The Bertz CT molecular complexity index is 776. The van der Waals surface area contributed by atoms with Gasteiger partial charge >= 0.3 is 0 Å². The molecule has 0 aromatic heterocycles. The Balaban J connectivity index is 1.45. The fourth-order valence-corrected chi connectivity index (χ4v) is 3.82. The van der Waals surface area contributed by atoms with Crippen molar-refractivity contribution in [2.75, 3.05) is 39.3 Å². The minimum absolute atomic E-state index is 0.0782. The van der Waals surface area contributed by atoms with Crippen LogP contribution in [0.15, 0.2) is 42.5 Å². The van der Waals surface area contributed by atoms with Crippen molar-refractivity contribution in [3.05, 3.63) is 64.7 Å². The molecule has 3 rings (SSSR count). The normalized spacial score (nSPS) is 16.1. The lowest BCUT2D eigenvalue weighted by atomic mass is 10.1. The monoisotopic (exact) mass is 382 g/mol. The van der Waals surface area contributed by atoms with Gasteiger partial charge in [0.25, 0.3) is 5.91 Å². The molecule has 1 atom stereocenters. The summed E-state index contributed by atoms with van der Waals surface area (Å²) in [5.74, 6) is 0.942. The molecule has 2 aromatic rings. The van der Waals surface area contributed by atoms with Crippen molar-refractivity contribution >= 4 is 5.91 Å². The summed E-state index contributed by atoms with van der Waals surface area (Å²) in [6.07, 6.45) is -0.559. The number of rotatable bonds is 6. The lowest BCUT2D eigenvalue weighted by Gasteiger charge is -2.35. The Morgan fingerprint density at radius 1 is 1.04 bits per heavy atom. The van der Waals surface area contributed by atoms with E-state index in [1.165, 1.54) is 5.56 Å². The fourth-order valence-electron chi connectivity index (χ4n) is 3.82. The second kappa shape index (κ2) is 9.22. The Labute approximate surface area is 167 Å². The Hall–Kier alpha value is -2.37. The minimum Gasteiger partial charge on any atom is -0.490 e. The van der Waals surface area contributed by atoms with Gasteiger partial charge in [-0.2, -0.15) is 0 Å². The van der Waals surface area contributed by atoms with E-state index in [-0.39, 0.29) is 12.5 Å². The molecule has 1 heterocycles. The van der Waals surface area contributed by atoms with Crippen molar-refractivity contribution in [3.8, 4) is 5.75 Å². The Morgan fingerprint density at radius 3 is 2.25 bits per heavy atom. The van der Waals surface area contributed by atoms with Crippen LogP contribution in [-0.2, 0) is 0 Å². The van der Waals surface area contributed by atoms with Gasteiger partial charge in [-0.05, 0) is 44.0 Å². The molecule has 0 unspecified atom stereocenters. The average Bonchev–Trinajstić information content (AvgIpc) is 2.68. The average molecular weight is 383 g/mol. The van der Waals surface area contributed by atoms with Crippen LogP contribution in [0.5, 0.6) is 5.75 Å². The van der Waals surface area contributed by atoms with E-state index in [4.69, 9.17) is 4.74 Å². The summed E-state index contributed by atoms with van der Waals surface area (Å²) >= 11 is 0. The maximum atomic E-state index is 12.5. The summed E-state index contributed by atoms with van der Waals surface area (Å²) in [6.45, 7) is 9.84. The molecule has 0 bridgehead atoms. The number of carbonyl (C=O) groups excluding carboxylic acids is 1. The number of nitrogens with zero attached hydrogens (tertiary/aromatic N) is 2. The number of β-amino-alcohol motifs (C(OH)–C–C–N with tert-alkyl or cyclic N) is 1. The summed E-state index contributed by atoms with van der Waals surface area (Å²) in [7, 11) is 0. The zero-order valence-electron chi connectivity index (χ0n) is 17.0. The van der Waals surface area contributed by atoms with Crippen LogP contribution < -0.4 is 4.74 Å². The highest BCUT2D eigenvalue weighted by Crippen LogP contribution is 2.24. The lowest BCUT2D eigenvalue weighted by molar-refractivity contribution is 0.0402. The molecule has 1 aliphatic heterocycles. The largest absolute Gasteiger partial charge is 0.490 e. The van der Waals surface area contributed by atoms with E-state index in [1.807, 2.05) is 49.1 Å². The molecular weight excluding hydrogens is 352 g/mol. The second-order valence-electron chi connectivity index (χ2n) is 7.65. The van der Waals surface area contributed by atoms with E-state index >= 15 is 0 Å². The number of aryl methyl sites for hydroxylation is 3. The number of ether oxygens (including phenoxy) is 1. The minimum atomic E-state index is -0.559. The van der Waals surface area contributed by atoms with E-state index in [9.17, 15) is 9.90 Å². The molecule has 28 heavy (non-hydrogen) atoms. The van der Waals surface area contributed by atoms with Gasteiger partial charge in [0.05, 0.1) is 0 Å². The molecule has 1 amide bonds. The lowest BCUT2D eigenvalue weighted by Crippen LogP contribution is -2.51. The zero-order chi connectivity index (χ0) is 20.1. The molecule has 150 valence electrons. The van der Waals surface area contributed by atoms with Gasteiger partial charge in [-0.25, -0.2) is 0 Å². The first-order valence-corrected chi connectivity index (χ1v) is 9.89. The number of benzene rings is 2. The molecule has 1 fully saturated rings. The van der Waals surface area contributed by atoms with Crippen LogP contribution >= 0.6 is 0 Å². The quantitative estimate of drug-likeness (QED) is 0.835. The van der Waals surface area contributed by atoms with Crippen LogP contribution in [0.25, 0.3) is 0 Å². The number of aliphatic hydroxyl groups excluding tert-OH is 1. The van der Waals surface area contributed by atoms with E-state index in [1.54, 1.807) is 0 Å². The third kappa shape index (κ3) is 5.12. The van der Waals surface area contributed by atoms with Crippen molar-refractivity contribution in [3.63, 3.8) is 0 Å². The SMILES string of the molecule is Cc1cc(C)c(OC[C@@H](O)CN2CCN(C(=O)c3ccccc3)CC2)c(C)c1. The van der Waals surface area contributed by atoms with Crippen LogP contribution in [-0.4, -0.2) is 66.2 Å². The molecular formula is C23H30N2O3. The van der Waals surface area contributed by atoms with Crippen molar-refractivity contribution < 1.29 is 14.6 Å². The molecule has 0 saturated carbocycles. The van der Waals surface area contributed by atoms with E-state index < -0.39 is 6.10 Å². The van der Waals surface area contributed by atoms with E-state index in [0.717, 1.165) is 35.5 Å². The van der Waals surface area contributed by atoms with Crippen molar-refractivity contribution in [2.45, 2.75) is 26.9 Å². The molecule has 0 aliphatic carbocycles. The van der Waals surface area contributed by atoms with Crippen LogP contribution in [0.1, 0.15) is 27.0 Å². The summed E-state index contributed by atoms with van der Waals surface area (Å²) in [4.78, 5) is 16.6. The Kier molecular flexibility index (Phi) is 6.70. The summed E-state index contributed by atoms with van der Waals surface area (Å²) in [5, 5.41) is 10.4. The first kappa shape index (κ1) is 20.4. The van der Waals surface area contributed by atoms with Crippen LogP contribution in [0.4, 0.5) is 0 Å². The number of carbonyl (C=O) groups is 1. The van der Waals surface area contributed by atoms with Crippen molar-refractivity contribution in [2.24, 2.45) is 0 Å². The maximum absolute atomic E-state index is 12.5. The third-order valence-electron chi connectivity index (χ3n) is 5.17.